The van der Waals surface area contributed by atoms with E-state index in [1.165, 1.54) is 22.6 Å². The molecule has 3 heteroatoms. The zero-order valence-corrected chi connectivity index (χ0v) is 7.58. The van der Waals surface area contributed by atoms with E-state index >= 15 is 0 Å². The predicted octanol–water partition coefficient (Wildman–Crippen LogP) is 3.58. The smallest absolute Gasteiger partial charge is 0.192 e. The van der Waals surface area contributed by atoms with Gasteiger partial charge in [0.2, 0.25) is 0 Å². The minimum Gasteiger partial charge on any atom is -0.208 e. The molecule has 0 aromatic rings. The van der Waals surface area contributed by atoms with Gasteiger partial charge in [-0.2, -0.15) is 4.39 Å². The van der Waals surface area contributed by atoms with Gasteiger partial charge >= 0.3 is 0 Å². The molecule has 0 aliphatic rings. The van der Waals surface area contributed by atoms with Gasteiger partial charge in [-0.3, -0.25) is 0 Å². The van der Waals surface area contributed by atoms with Crippen molar-refractivity contribution in [3.8, 4) is 0 Å². The second-order valence-corrected chi connectivity index (χ2v) is 2.86. The topological polar surface area (TPSA) is 0 Å². The van der Waals surface area contributed by atoms with Crippen molar-refractivity contribution in [1.82, 2.24) is 0 Å². The summed E-state index contributed by atoms with van der Waals surface area (Å²) in [4.78, 5) is 0. The van der Waals surface area contributed by atoms with E-state index in [0.717, 1.165) is 0 Å². The maximum absolute atomic E-state index is 12.4. The van der Waals surface area contributed by atoms with Crippen LogP contribution in [0.2, 0.25) is 0 Å². The molecule has 0 amide bonds. The van der Waals surface area contributed by atoms with Crippen molar-refractivity contribution in [2.75, 3.05) is 0 Å². The van der Waals surface area contributed by atoms with Crippen LogP contribution in [0.4, 0.5) is 8.78 Å². The van der Waals surface area contributed by atoms with Crippen LogP contribution in [0.15, 0.2) is 9.66 Å². The normalized spacial score (nSPS) is 17.0. The minimum atomic E-state index is -0.720. The van der Waals surface area contributed by atoms with Crippen molar-refractivity contribution in [3.63, 3.8) is 0 Å². The summed E-state index contributed by atoms with van der Waals surface area (Å²) >= 11 is 1.34. The summed E-state index contributed by atoms with van der Waals surface area (Å²) in [6.07, 6.45) is 0.641. The summed E-state index contributed by atoms with van der Waals surface area (Å²) in [6.45, 7) is 3.48. The SMILES string of the molecule is CCC(C)C(F)=C(F)I. The minimum absolute atomic E-state index is 0.276. The van der Waals surface area contributed by atoms with E-state index < -0.39 is 9.66 Å². The van der Waals surface area contributed by atoms with Gasteiger partial charge in [0.1, 0.15) is 5.83 Å². The molecule has 0 saturated carbocycles. The Balaban J connectivity index is 4.02. The van der Waals surface area contributed by atoms with Gasteiger partial charge in [-0.05, 0) is 29.0 Å². The maximum Gasteiger partial charge on any atom is 0.192 e. The first-order valence-electron chi connectivity index (χ1n) is 2.80. The van der Waals surface area contributed by atoms with Crippen LogP contribution >= 0.6 is 22.6 Å². The molecule has 0 N–H and O–H groups in total. The molecule has 0 aromatic heterocycles. The fourth-order valence-electron chi connectivity index (χ4n) is 0.365. The van der Waals surface area contributed by atoms with Crippen molar-refractivity contribution in [1.29, 1.82) is 0 Å². The van der Waals surface area contributed by atoms with Crippen LogP contribution in [-0.2, 0) is 0 Å². The Morgan fingerprint density at radius 1 is 1.56 bits per heavy atom. The van der Waals surface area contributed by atoms with Gasteiger partial charge in [0, 0.05) is 5.92 Å². The Morgan fingerprint density at radius 2 is 2.00 bits per heavy atom. The molecule has 0 nitrogen and oxygen atoms in total. The fraction of sp³-hybridized carbons (Fsp3) is 0.667. The molecular formula is C6H9F2I. The zero-order valence-electron chi connectivity index (χ0n) is 5.42. The summed E-state index contributed by atoms with van der Waals surface area (Å²) in [6, 6.07) is 0. The second-order valence-electron chi connectivity index (χ2n) is 1.92. The lowest BCUT2D eigenvalue weighted by atomic mass is 10.1. The molecule has 9 heavy (non-hydrogen) atoms. The molecule has 1 unspecified atom stereocenters. The largest absolute Gasteiger partial charge is 0.208 e. The van der Waals surface area contributed by atoms with Gasteiger partial charge in [-0.15, -0.1) is 0 Å². The lowest BCUT2D eigenvalue weighted by Crippen LogP contribution is -1.92. The molecule has 54 valence electrons. The third-order valence-corrected chi connectivity index (χ3v) is 1.74. The number of allylic oxidation sites excluding steroid dienone is 1. The Hall–Kier alpha value is 0.330. The van der Waals surface area contributed by atoms with E-state index in [2.05, 4.69) is 0 Å². The summed E-state index contributed by atoms with van der Waals surface area (Å²) in [5.41, 5.74) is 0. The van der Waals surface area contributed by atoms with Gasteiger partial charge < -0.3 is 0 Å². The maximum atomic E-state index is 12.4. The summed E-state index contributed by atoms with van der Waals surface area (Å²) < 4.78 is 23.7. The van der Waals surface area contributed by atoms with Crippen LogP contribution in [0.25, 0.3) is 0 Å². The highest BCUT2D eigenvalue weighted by Crippen LogP contribution is 2.24. The summed E-state index contributed by atoms with van der Waals surface area (Å²) in [7, 11) is 0. The lowest BCUT2D eigenvalue weighted by Gasteiger charge is -2.02. The van der Waals surface area contributed by atoms with Crippen molar-refractivity contribution in [3.05, 3.63) is 9.66 Å². The fourth-order valence-corrected chi connectivity index (χ4v) is 0.897. The van der Waals surface area contributed by atoms with Crippen LogP contribution in [0.3, 0.4) is 0 Å². The van der Waals surface area contributed by atoms with Gasteiger partial charge in [-0.1, -0.05) is 13.8 Å². The Labute approximate surface area is 67.5 Å². The monoisotopic (exact) mass is 246 g/mol. The number of hydrogen-bond donors (Lipinski definition) is 0. The molecule has 0 heterocycles. The average molecular weight is 246 g/mol. The summed E-state index contributed by atoms with van der Waals surface area (Å²) in [5, 5.41) is 0. The van der Waals surface area contributed by atoms with Gasteiger partial charge in [0.25, 0.3) is 0 Å². The Bertz CT molecular complexity index is 116. The molecular weight excluding hydrogens is 237 g/mol. The van der Waals surface area contributed by atoms with Crippen LogP contribution in [-0.4, -0.2) is 0 Å². The second kappa shape index (κ2) is 4.19. The number of halogens is 3. The first kappa shape index (κ1) is 9.33. The highest BCUT2D eigenvalue weighted by molar-refractivity contribution is 14.1. The van der Waals surface area contributed by atoms with Gasteiger partial charge in [0.15, 0.2) is 3.83 Å². The molecule has 0 spiro atoms. The van der Waals surface area contributed by atoms with E-state index in [1.54, 1.807) is 6.92 Å². The average Bonchev–Trinajstić information content (AvgIpc) is 1.84. The molecule has 0 rings (SSSR count). The predicted molar refractivity (Wildman–Crippen MR) is 42.7 cm³/mol. The highest BCUT2D eigenvalue weighted by atomic mass is 127. The van der Waals surface area contributed by atoms with Crippen molar-refractivity contribution in [2.45, 2.75) is 20.3 Å². The standard InChI is InChI=1S/C6H9F2I/c1-3-4(2)5(7)6(8)9/h4H,3H2,1-2H3. The van der Waals surface area contributed by atoms with E-state index in [9.17, 15) is 8.78 Å². The molecule has 0 bridgehead atoms. The zero-order chi connectivity index (χ0) is 7.44. The molecule has 0 aliphatic heterocycles. The van der Waals surface area contributed by atoms with Crippen molar-refractivity contribution >= 4 is 22.6 Å². The molecule has 0 fully saturated rings. The Kier molecular flexibility index (Phi) is 4.35. The van der Waals surface area contributed by atoms with Gasteiger partial charge in [-0.25, -0.2) is 4.39 Å². The van der Waals surface area contributed by atoms with Gasteiger partial charge in [0.05, 0.1) is 0 Å². The number of hydrogen-bond acceptors (Lipinski definition) is 0. The quantitative estimate of drug-likeness (QED) is 0.653. The van der Waals surface area contributed by atoms with Crippen LogP contribution in [0.5, 0.6) is 0 Å². The van der Waals surface area contributed by atoms with E-state index in [4.69, 9.17) is 0 Å². The van der Waals surface area contributed by atoms with E-state index in [0.29, 0.717) is 6.42 Å². The van der Waals surface area contributed by atoms with E-state index in [1.807, 2.05) is 6.92 Å². The first-order valence-corrected chi connectivity index (χ1v) is 3.88. The highest BCUT2D eigenvalue weighted by Gasteiger charge is 2.09. The van der Waals surface area contributed by atoms with Crippen LogP contribution in [0, 0.1) is 5.92 Å². The van der Waals surface area contributed by atoms with Crippen molar-refractivity contribution < 1.29 is 8.78 Å². The summed E-state index contributed by atoms with van der Waals surface area (Å²) in [5.74, 6) is -0.903. The third-order valence-electron chi connectivity index (χ3n) is 1.23. The van der Waals surface area contributed by atoms with Crippen LogP contribution < -0.4 is 0 Å². The third kappa shape index (κ3) is 3.13. The molecule has 0 aliphatic carbocycles. The number of rotatable bonds is 2. The first-order chi connectivity index (χ1) is 4.09. The van der Waals surface area contributed by atoms with Crippen molar-refractivity contribution in [2.24, 2.45) is 5.92 Å². The molecule has 0 radical (unpaired) electrons. The molecule has 0 aromatic carbocycles. The van der Waals surface area contributed by atoms with E-state index in [-0.39, 0.29) is 5.92 Å². The van der Waals surface area contributed by atoms with Crippen LogP contribution in [0.1, 0.15) is 20.3 Å². The lowest BCUT2D eigenvalue weighted by molar-refractivity contribution is 0.456. The molecule has 1 atom stereocenters. The molecule has 0 saturated heterocycles. The Morgan fingerprint density at radius 3 is 2.11 bits per heavy atom.